The van der Waals surface area contributed by atoms with Crippen molar-refractivity contribution in [2.75, 3.05) is 0 Å². The Morgan fingerprint density at radius 1 is 0.889 bits per heavy atom. The predicted octanol–water partition coefficient (Wildman–Crippen LogP) is 5.21. The molecule has 0 N–H and O–H groups in total. The van der Waals surface area contributed by atoms with Crippen LogP contribution in [0.1, 0.15) is 78.6 Å². The van der Waals surface area contributed by atoms with Gasteiger partial charge in [0.15, 0.2) is 0 Å². The van der Waals surface area contributed by atoms with E-state index in [9.17, 15) is 0 Å². The molecule has 0 aromatic carbocycles. The fraction of sp³-hybridized carbons (Fsp3) is 1.00. The lowest BCUT2D eigenvalue weighted by Crippen LogP contribution is -2.23. The van der Waals surface area contributed by atoms with E-state index >= 15 is 0 Å². The fourth-order valence-electron chi connectivity index (χ4n) is 3.26. The quantitative estimate of drug-likeness (QED) is 0.585. The van der Waals surface area contributed by atoms with Crippen molar-refractivity contribution in [1.29, 1.82) is 0 Å². The van der Waals surface area contributed by atoms with Gasteiger partial charge in [-0.25, -0.2) is 0 Å². The van der Waals surface area contributed by atoms with Crippen molar-refractivity contribution in [3.05, 3.63) is 0 Å². The molecule has 101 valence electrons. The molecule has 0 bridgehead atoms. The topological polar surface area (TPSA) is 0 Å². The van der Waals surface area contributed by atoms with Crippen molar-refractivity contribution in [1.82, 2.24) is 0 Å². The average molecular weight is 245 g/mol. The highest BCUT2D eigenvalue weighted by atomic mass is 14.3. The summed E-state index contributed by atoms with van der Waals surface area (Å²) in [4.78, 5) is 0. The minimum Gasteiger partial charge on any atom is -0.0922 e. The lowest BCUT2D eigenvalue weighted by molar-refractivity contribution is 0.170. The summed E-state index contributed by atoms with van der Waals surface area (Å²) in [5.74, 6) is 0.804. The third-order valence-electron chi connectivity index (χ3n) is 5.50. The summed E-state index contributed by atoms with van der Waals surface area (Å²) in [6.45, 7) is 9.43. The molecule has 18 heavy (non-hydrogen) atoms. The Morgan fingerprint density at radius 3 is 1.83 bits per heavy atom. The van der Waals surface area contributed by atoms with Crippen LogP contribution in [0.2, 0.25) is 12.0 Å². The zero-order valence-electron chi connectivity index (χ0n) is 13.1. The minimum atomic E-state index is 0.0125. The maximum atomic E-state index is 6.47. The summed E-state index contributed by atoms with van der Waals surface area (Å²) >= 11 is 0. The van der Waals surface area contributed by atoms with Gasteiger partial charge in [-0.15, -0.1) is 0 Å². The van der Waals surface area contributed by atoms with Gasteiger partial charge in [-0.1, -0.05) is 77.8 Å². The van der Waals surface area contributed by atoms with E-state index in [4.69, 9.17) is 7.85 Å². The van der Waals surface area contributed by atoms with E-state index < -0.39 is 0 Å². The second-order valence-electron chi connectivity index (χ2n) is 7.10. The lowest BCUT2D eigenvalue weighted by atomic mass is 9.40. The van der Waals surface area contributed by atoms with Gasteiger partial charge < -0.3 is 0 Å². The summed E-state index contributed by atoms with van der Waals surface area (Å²) in [6.07, 6.45) is 11.8. The van der Waals surface area contributed by atoms with Crippen LogP contribution in [0.5, 0.6) is 0 Å². The Kier molecular flexibility index (Phi) is 6.35. The maximum absolute atomic E-state index is 6.47. The van der Waals surface area contributed by atoms with Gasteiger partial charge in [0, 0.05) is 0 Å². The summed E-state index contributed by atoms with van der Waals surface area (Å²) in [5, 5.41) is 0.0125. The van der Waals surface area contributed by atoms with Gasteiger partial charge in [0.05, 0.1) is 7.85 Å². The average Bonchev–Trinajstić information content (AvgIpc) is 2.36. The Bertz CT molecular complexity index is 239. The molecule has 1 saturated carbocycles. The van der Waals surface area contributed by atoms with E-state index in [0.29, 0.717) is 5.41 Å². The van der Waals surface area contributed by atoms with Gasteiger partial charge in [-0.2, -0.15) is 0 Å². The normalized spacial score (nSPS) is 36.1. The Labute approximate surface area is 117 Å². The molecule has 2 unspecified atom stereocenters. The zero-order chi connectivity index (χ0) is 13.6. The van der Waals surface area contributed by atoms with E-state index in [0.717, 1.165) is 5.92 Å². The SMILES string of the molecule is [B]C1([B]C)CCCCCC(C)(C(C)C)CCCC1. The number of hydrogen-bond acceptors (Lipinski definition) is 0. The third kappa shape index (κ3) is 4.67. The Balaban J connectivity index is 2.59. The summed E-state index contributed by atoms with van der Waals surface area (Å²) in [7, 11) is 8.71. The van der Waals surface area contributed by atoms with Crippen LogP contribution in [0.15, 0.2) is 0 Å². The van der Waals surface area contributed by atoms with E-state index in [1.54, 1.807) is 0 Å². The monoisotopic (exact) mass is 245 g/mol. The molecule has 0 nitrogen and oxygen atoms in total. The molecule has 1 aliphatic rings. The van der Waals surface area contributed by atoms with Crippen molar-refractivity contribution in [3.8, 4) is 0 Å². The molecule has 0 amide bonds. The van der Waals surface area contributed by atoms with Crippen molar-refractivity contribution in [2.24, 2.45) is 11.3 Å². The molecule has 1 rings (SSSR count). The van der Waals surface area contributed by atoms with Crippen LogP contribution < -0.4 is 0 Å². The summed E-state index contributed by atoms with van der Waals surface area (Å²) in [6, 6.07) is 0. The van der Waals surface area contributed by atoms with Crippen molar-refractivity contribution < 1.29 is 0 Å². The molecule has 0 aliphatic heterocycles. The van der Waals surface area contributed by atoms with Crippen molar-refractivity contribution >= 4 is 15.1 Å². The molecule has 0 spiro atoms. The highest BCUT2D eigenvalue weighted by Crippen LogP contribution is 2.41. The number of rotatable bonds is 2. The van der Waals surface area contributed by atoms with Gasteiger partial charge in [0.2, 0.25) is 0 Å². The first-order chi connectivity index (χ1) is 8.42. The highest BCUT2D eigenvalue weighted by Gasteiger charge is 2.29. The van der Waals surface area contributed by atoms with Crippen LogP contribution in [-0.4, -0.2) is 15.1 Å². The molecular weight excluding hydrogens is 214 g/mol. The van der Waals surface area contributed by atoms with Crippen LogP contribution in [0, 0.1) is 11.3 Å². The smallest absolute Gasteiger partial charge is 0.0922 e. The molecule has 2 atom stereocenters. The zero-order valence-corrected chi connectivity index (χ0v) is 13.1. The standard InChI is InChI=1S/C16H31B2/c1-14(2)15(3)10-6-5-7-12-16(17,18-4)13-9-8-11-15/h14H,5-13H2,1-4H3. The molecule has 1 fully saturated rings. The van der Waals surface area contributed by atoms with Crippen LogP contribution in [0.25, 0.3) is 0 Å². The fourth-order valence-corrected chi connectivity index (χ4v) is 3.26. The van der Waals surface area contributed by atoms with Gasteiger partial charge >= 0.3 is 0 Å². The molecule has 0 saturated heterocycles. The molecule has 2 heteroatoms. The van der Waals surface area contributed by atoms with Gasteiger partial charge in [0.1, 0.15) is 7.28 Å². The van der Waals surface area contributed by atoms with E-state index in [2.05, 4.69) is 34.9 Å². The first-order valence-electron chi connectivity index (χ1n) is 8.01. The van der Waals surface area contributed by atoms with Crippen LogP contribution in [0.3, 0.4) is 0 Å². The first-order valence-corrected chi connectivity index (χ1v) is 8.01. The van der Waals surface area contributed by atoms with Gasteiger partial charge in [-0.3, -0.25) is 0 Å². The summed E-state index contributed by atoms with van der Waals surface area (Å²) < 4.78 is 0. The van der Waals surface area contributed by atoms with Crippen LogP contribution in [0.4, 0.5) is 0 Å². The van der Waals surface area contributed by atoms with E-state index in [1.807, 2.05) is 0 Å². The first kappa shape index (κ1) is 16.2. The minimum absolute atomic E-state index is 0.0125. The van der Waals surface area contributed by atoms with E-state index in [-0.39, 0.29) is 5.21 Å². The molecule has 3 radical (unpaired) electrons. The van der Waals surface area contributed by atoms with Crippen molar-refractivity contribution in [3.63, 3.8) is 0 Å². The third-order valence-corrected chi connectivity index (χ3v) is 5.50. The summed E-state index contributed by atoms with van der Waals surface area (Å²) in [5.41, 5.74) is 0.553. The predicted molar refractivity (Wildman–Crippen MR) is 84.6 cm³/mol. The molecule has 0 aromatic rings. The van der Waals surface area contributed by atoms with Gasteiger partial charge in [-0.05, 0) is 24.2 Å². The second-order valence-corrected chi connectivity index (χ2v) is 7.10. The van der Waals surface area contributed by atoms with Crippen LogP contribution in [-0.2, 0) is 0 Å². The van der Waals surface area contributed by atoms with E-state index in [1.165, 1.54) is 57.8 Å². The van der Waals surface area contributed by atoms with Crippen LogP contribution >= 0.6 is 0 Å². The largest absolute Gasteiger partial charge is 0.103 e. The molecule has 0 aromatic heterocycles. The lowest BCUT2D eigenvalue weighted by Gasteiger charge is -2.34. The number of hydrogen-bond donors (Lipinski definition) is 0. The molecule has 0 heterocycles. The molecule has 1 aliphatic carbocycles. The second kappa shape index (κ2) is 7.06. The Morgan fingerprint density at radius 2 is 1.33 bits per heavy atom. The maximum Gasteiger partial charge on any atom is 0.103 e. The Hall–Kier alpha value is 0.130. The highest BCUT2D eigenvalue weighted by molar-refractivity contribution is 6.52. The van der Waals surface area contributed by atoms with Crippen molar-refractivity contribution in [2.45, 2.75) is 90.6 Å². The molecular formula is C16H31B2. The van der Waals surface area contributed by atoms with Gasteiger partial charge in [0.25, 0.3) is 0 Å².